The number of rotatable bonds is 4. The highest BCUT2D eigenvalue weighted by atomic mass is 16.5. The molecule has 1 aliphatic carbocycles. The summed E-state index contributed by atoms with van der Waals surface area (Å²) in [6.45, 7) is 7.26. The molecule has 3 nitrogen and oxygen atoms in total. The Morgan fingerprint density at radius 3 is 2.80 bits per heavy atom. The molecule has 3 heteroatoms. The van der Waals surface area contributed by atoms with Crippen LogP contribution in [0, 0.1) is 13.8 Å². The van der Waals surface area contributed by atoms with E-state index < -0.39 is 0 Å². The molecule has 110 valence electrons. The third kappa shape index (κ3) is 2.76. The maximum absolute atomic E-state index is 6.08. The van der Waals surface area contributed by atoms with Gasteiger partial charge in [0.15, 0.2) is 0 Å². The smallest absolute Gasteiger partial charge is 0.0896 e. The first-order chi connectivity index (χ1) is 9.70. The van der Waals surface area contributed by atoms with Crippen molar-refractivity contribution in [1.82, 2.24) is 10.2 Å². The summed E-state index contributed by atoms with van der Waals surface area (Å²) in [5.41, 5.74) is 4.19. The van der Waals surface area contributed by atoms with Gasteiger partial charge in [-0.1, -0.05) is 23.8 Å². The van der Waals surface area contributed by atoms with Crippen LogP contribution in [0.5, 0.6) is 0 Å². The number of ether oxygens (including phenoxy) is 1. The van der Waals surface area contributed by atoms with Crippen molar-refractivity contribution in [3.05, 3.63) is 34.9 Å². The van der Waals surface area contributed by atoms with E-state index in [2.05, 4.69) is 42.3 Å². The molecule has 1 saturated heterocycles. The van der Waals surface area contributed by atoms with Gasteiger partial charge < -0.3 is 10.1 Å². The molecular formula is C17H26N2O. The fourth-order valence-electron chi connectivity index (χ4n) is 3.40. The van der Waals surface area contributed by atoms with E-state index in [-0.39, 0.29) is 6.10 Å². The number of nitrogens with zero attached hydrogens (tertiary/aromatic N) is 1. The van der Waals surface area contributed by atoms with Crippen LogP contribution in [0.1, 0.15) is 35.6 Å². The molecule has 20 heavy (non-hydrogen) atoms. The lowest BCUT2D eigenvalue weighted by Crippen LogP contribution is -2.49. The second-order valence-corrected chi connectivity index (χ2v) is 6.24. The molecule has 1 N–H and O–H groups in total. The van der Waals surface area contributed by atoms with E-state index in [4.69, 9.17) is 4.74 Å². The maximum Gasteiger partial charge on any atom is 0.0896 e. The molecule has 1 aromatic rings. The highest BCUT2D eigenvalue weighted by Crippen LogP contribution is 2.39. The molecule has 3 rings (SSSR count). The summed E-state index contributed by atoms with van der Waals surface area (Å²) in [5.74, 6) is 0. The molecule has 1 aromatic carbocycles. The van der Waals surface area contributed by atoms with Crippen molar-refractivity contribution in [2.24, 2.45) is 0 Å². The fourth-order valence-corrected chi connectivity index (χ4v) is 3.40. The van der Waals surface area contributed by atoms with E-state index in [1.54, 1.807) is 0 Å². The van der Waals surface area contributed by atoms with Crippen molar-refractivity contribution < 1.29 is 4.74 Å². The standard InChI is InChI=1S/C17H26N2O/c1-12-4-5-13(2)15(10-12)17-16(11-18-3)20-9-8-19(17)14-6-7-14/h4-5,10,14,16-18H,6-9,11H2,1-3H3. The summed E-state index contributed by atoms with van der Waals surface area (Å²) in [4.78, 5) is 2.69. The molecule has 2 atom stereocenters. The lowest BCUT2D eigenvalue weighted by Gasteiger charge is -2.42. The topological polar surface area (TPSA) is 24.5 Å². The summed E-state index contributed by atoms with van der Waals surface area (Å²) in [6.07, 6.45) is 2.97. The Morgan fingerprint density at radius 2 is 2.10 bits per heavy atom. The fraction of sp³-hybridized carbons (Fsp3) is 0.647. The van der Waals surface area contributed by atoms with Crippen LogP contribution in [0.4, 0.5) is 0 Å². The third-order valence-electron chi connectivity index (χ3n) is 4.57. The van der Waals surface area contributed by atoms with Gasteiger partial charge in [0.2, 0.25) is 0 Å². The molecule has 1 aliphatic heterocycles. The van der Waals surface area contributed by atoms with Crippen LogP contribution in [0.2, 0.25) is 0 Å². The molecule has 1 heterocycles. The van der Waals surface area contributed by atoms with Crippen LogP contribution >= 0.6 is 0 Å². The SMILES string of the molecule is CNCC1OCCN(C2CC2)C1c1cc(C)ccc1C. The highest BCUT2D eigenvalue weighted by molar-refractivity contribution is 5.34. The van der Waals surface area contributed by atoms with Gasteiger partial charge in [0.1, 0.15) is 0 Å². The lowest BCUT2D eigenvalue weighted by atomic mass is 9.92. The zero-order valence-corrected chi connectivity index (χ0v) is 12.9. The van der Waals surface area contributed by atoms with E-state index in [0.29, 0.717) is 6.04 Å². The Morgan fingerprint density at radius 1 is 1.30 bits per heavy atom. The van der Waals surface area contributed by atoms with Gasteiger partial charge in [-0.05, 0) is 44.9 Å². The van der Waals surface area contributed by atoms with Gasteiger partial charge in [0.05, 0.1) is 18.8 Å². The molecule has 2 aliphatic rings. The first-order valence-corrected chi connectivity index (χ1v) is 7.80. The van der Waals surface area contributed by atoms with Crippen molar-refractivity contribution in [3.63, 3.8) is 0 Å². The second-order valence-electron chi connectivity index (χ2n) is 6.24. The van der Waals surface area contributed by atoms with Gasteiger partial charge in [-0.2, -0.15) is 0 Å². The lowest BCUT2D eigenvalue weighted by molar-refractivity contribution is -0.0741. The van der Waals surface area contributed by atoms with Crippen molar-refractivity contribution >= 4 is 0 Å². The van der Waals surface area contributed by atoms with Gasteiger partial charge >= 0.3 is 0 Å². The van der Waals surface area contributed by atoms with E-state index >= 15 is 0 Å². The van der Waals surface area contributed by atoms with Crippen molar-refractivity contribution in [1.29, 1.82) is 0 Å². The minimum Gasteiger partial charge on any atom is -0.374 e. The minimum atomic E-state index is 0.259. The molecular weight excluding hydrogens is 248 g/mol. The summed E-state index contributed by atoms with van der Waals surface area (Å²) in [5, 5.41) is 3.30. The zero-order chi connectivity index (χ0) is 14.1. The Balaban J connectivity index is 1.95. The van der Waals surface area contributed by atoms with Crippen molar-refractivity contribution in [2.45, 2.75) is 44.9 Å². The zero-order valence-electron chi connectivity index (χ0n) is 12.9. The molecule has 0 aromatic heterocycles. The molecule has 1 saturated carbocycles. The number of morpholine rings is 1. The Kier molecular flexibility index (Phi) is 4.11. The number of likely N-dealkylation sites (N-methyl/N-ethyl adjacent to an activating group) is 1. The quantitative estimate of drug-likeness (QED) is 0.912. The normalized spacial score (nSPS) is 27.8. The van der Waals surface area contributed by atoms with Crippen LogP contribution in [-0.4, -0.2) is 43.8 Å². The van der Waals surface area contributed by atoms with E-state index in [1.165, 1.54) is 29.5 Å². The van der Waals surface area contributed by atoms with Crippen LogP contribution in [-0.2, 0) is 4.74 Å². The molecule has 2 fully saturated rings. The first-order valence-electron chi connectivity index (χ1n) is 7.80. The Labute approximate surface area is 122 Å². The first kappa shape index (κ1) is 14.1. The summed E-state index contributed by atoms with van der Waals surface area (Å²) in [6, 6.07) is 8.00. The predicted octanol–water partition coefficient (Wildman–Crippen LogP) is 2.43. The average Bonchev–Trinajstić information content (AvgIpc) is 3.26. The highest BCUT2D eigenvalue weighted by Gasteiger charge is 2.41. The van der Waals surface area contributed by atoms with Crippen molar-refractivity contribution in [3.8, 4) is 0 Å². The number of benzene rings is 1. The average molecular weight is 274 g/mol. The van der Waals surface area contributed by atoms with Gasteiger partial charge in [0, 0.05) is 19.1 Å². The minimum absolute atomic E-state index is 0.259. The molecule has 0 amide bonds. The third-order valence-corrected chi connectivity index (χ3v) is 4.57. The van der Waals surface area contributed by atoms with Crippen LogP contribution in [0.15, 0.2) is 18.2 Å². The van der Waals surface area contributed by atoms with E-state index in [0.717, 1.165) is 25.7 Å². The predicted molar refractivity (Wildman–Crippen MR) is 82.1 cm³/mol. The van der Waals surface area contributed by atoms with Gasteiger partial charge in [-0.15, -0.1) is 0 Å². The molecule has 2 unspecified atom stereocenters. The Bertz CT molecular complexity index is 468. The van der Waals surface area contributed by atoms with Crippen LogP contribution < -0.4 is 5.32 Å². The largest absolute Gasteiger partial charge is 0.374 e. The van der Waals surface area contributed by atoms with Crippen molar-refractivity contribution in [2.75, 3.05) is 26.7 Å². The van der Waals surface area contributed by atoms with Gasteiger partial charge in [-0.3, -0.25) is 4.90 Å². The number of hydrogen-bond acceptors (Lipinski definition) is 3. The summed E-state index contributed by atoms with van der Waals surface area (Å²) in [7, 11) is 2.01. The Hall–Kier alpha value is -0.900. The van der Waals surface area contributed by atoms with Crippen LogP contribution in [0.3, 0.4) is 0 Å². The molecule has 0 bridgehead atoms. The number of hydrogen-bond donors (Lipinski definition) is 1. The maximum atomic E-state index is 6.08. The van der Waals surface area contributed by atoms with E-state index in [1.807, 2.05) is 7.05 Å². The van der Waals surface area contributed by atoms with Crippen LogP contribution in [0.25, 0.3) is 0 Å². The van der Waals surface area contributed by atoms with Gasteiger partial charge in [0.25, 0.3) is 0 Å². The second kappa shape index (κ2) is 5.84. The molecule has 0 spiro atoms. The number of aryl methyl sites for hydroxylation is 2. The number of nitrogens with one attached hydrogen (secondary N) is 1. The summed E-state index contributed by atoms with van der Waals surface area (Å²) < 4.78 is 6.08. The monoisotopic (exact) mass is 274 g/mol. The van der Waals surface area contributed by atoms with Gasteiger partial charge in [-0.25, -0.2) is 0 Å². The summed E-state index contributed by atoms with van der Waals surface area (Å²) >= 11 is 0. The van der Waals surface area contributed by atoms with E-state index in [9.17, 15) is 0 Å². The molecule has 0 radical (unpaired) electrons.